The zero-order chi connectivity index (χ0) is 14.2. The number of benzene rings is 1. The lowest BCUT2D eigenvalue weighted by Gasteiger charge is -2.04. The highest BCUT2D eigenvalue weighted by molar-refractivity contribution is 7.10. The van der Waals surface area contributed by atoms with Crippen molar-refractivity contribution in [3.8, 4) is 17.6 Å². The monoisotopic (exact) mass is 285 g/mol. The van der Waals surface area contributed by atoms with Gasteiger partial charge in [-0.05, 0) is 35.7 Å². The number of thiophene rings is 1. The van der Waals surface area contributed by atoms with Crippen molar-refractivity contribution >= 4 is 22.9 Å². The molecule has 2 rings (SSSR count). The Labute approximate surface area is 122 Å². The molecule has 0 radical (unpaired) electrons. The van der Waals surface area contributed by atoms with Crippen LogP contribution in [-0.2, 0) is 4.79 Å². The topological polar surface area (TPSA) is 38.3 Å². The van der Waals surface area contributed by atoms with Gasteiger partial charge in [-0.3, -0.25) is 4.79 Å². The van der Waals surface area contributed by atoms with Crippen molar-refractivity contribution in [2.75, 3.05) is 12.4 Å². The minimum atomic E-state index is -0.0318. The van der Waals surface area contributed by atoms with Gasteiger partial charge in [-0.1, -0.05) is 17.9 Å². The maximum atomic E-state index is 11.7. The summed E-state index contributed by atoms with van der Waals surface area (Å²) < 4.78 is 5.06. The van der Waals surface area contributed by atoms with Gasteiger partial charge in [0.1, 0.15) is 5.75 Å². The Morgan fingerprint density at radius 1 is 1.30 bits per heavy atom. The van der Waals surface area contributed by atoms with Crippen LogP contribution in [0.2, 0.25) is 0 Å². The van der Waals surface area contributed by atoms with E-state index in [0.717, 1.165) is 16.3 Å². The lowest BCUT2D eigenvalue weighted by Crippen LogP contribution is -2.10. The van der Waals surface area contributed by atoms with Crippen LogP contribution in [0.15, 0.2) is 41.8 Å². The molecule has 0 spiro atoms. The Hall–Kier alpha value is -2.25. The van der Waals surface area contributed by atoms with Gasteiger partial charge in [-0.25, -0.2) is 0 Å². The first-order valence-corrected chi connectivity index (χ1v) is 7.12. The second-order valence-electron chi connectivity index (χ2n) is 4.06. The number of anilines is 1. The molecule has 0 atom stereocenters. The van der Waals surface area contributed by atoms with Crippen LogP contribution in [0.4, 0.5) is 5.69 Å². The van der Waals surface area contributed by atoms with E-state index in [1.807, 2.05) is 41.8 Å². The summed E-state index contributed by atoms with van der Waals surface area (Å²) in [6, 6.07) is 11.2. The Balaban J connectivity index is 1.77. The van der Waals surface area contributed by atoms with E-state index in [0.29, 0.717) is 12.8 Å². The molecule has 0 saturated heterocycles. The zero-order valence-electron chi connectivity index (χ0n) is 11.2. The molecule has 0 fully saturated rings. The second-order valence-corrected chi connectivity index (χ2v) is 5.00. The van der Waals surface area contributed by atoms with Crippen molar-refractivity contribution in [2.45, 2.75) is 12.8 Å². The normalized spacial score (nSPS) is 9.45. The molecule has 2 aromatic rings. The predicted molar refractivity (Wildman–Crippen MR) is 82.1 cm³/mol. The SMILES string of the molecule is COc1ccc(NC(=O)CCC#Cc2cccs2)cc1. The van der Waals surface area contributed by atoms with E-state index in [1.165, 1.54) is 0 Å². The van der Waals surface area contributed by atoms with Gasteiger partial charge in [0.05, 0.1) is 12.0 Å². The highest BCUT2D eigenvalue weighted by atomic mass is 32.1. The van der Waals surface area contributed by atoms with E-state index in [4.69, 9.17) is 4.74 Å². The number of carbonyl (C=O) groups is 1. The zero-order valence-corrected chi connectivity index (χ0v) is 12.0. The third kappa shape index (κ3) is 4.45. The Bertz CT molecular complexity index is 606. The molecule has 0 bridgehead atoms. The lowest BCUT2D eigenvalue weighted by molar-refractivity contribution is -0.116. The summed E-state index contributed by atoms with van der Waals surface area (Å²) in [5, 5.41) is 4.81. The molecule has 1 heterocycles. The molecule has 1 aromatic carbocycles. The van der Waals surface area contributed by atoms with Crippen LogP contribution in [0.1, 0.15) is 17.7 Å². The molecule has 1 amide bonds. The molecular formula is C16H15NO2S. The molecule has 1 N–H and O–H groups in total. The highest BCUT2D eigenvalue weighted by Crippen LogP contribution is 2.15. The van der Waals surface area contributed by atoms with Crippen LogP contribution in [0, 0.1) is 11.8 Å². The van der Waals surface area contributed by atoms with Gasteiger partial charge in [-0.2, -0.15) is 0 Å². The summed E-state index contributed by atoms with van der Waals surface area (Å²) in [6.07, 6.45) is 0.949. The van der Waals surface area contributed by atoms with E-state index >= 15 is 0 Å². The van der Waals surface area contributed by atoms with Crippen molar-refractivity contribution in [1.29, 1.82) is 0 Å². The summed E-state index contributed by atoms with van der Waals surface area (Å²) in [5.74, 6) is 6.77. The summed E-state index contributed by atoms with van der Waals surface area (Å²) in [6.45, 7) is 0. The highest BCUT2D eigenvalue weighted by Gasteiger charge is 2.01. The van der Waals surface area contributed by atoms with Crippen LogP contribution in [0.25, 0.3) is 0 Å². The fourth-order valence-corrected chi connectivity index (χ4v) is 2.17. The number of hydrogen-bond acceptors (Lipinski definition) is 3. The number of hydrogen-bond donors (Lipinski definition) is 1. The molecular weight excluding hydrogens is 270 g/mol. The van der Waals surface area contributed by atoms with E-state index in [9.17, 15) is 4.79 Å². The van der Waals surface area contributed by atoms with Crippen molar-refractivity contribution in [2.24, 2.45) is 0 Å². The van der Waals surface area contributed by atoms with Crippen LogP contribution in [0.3, 0.4) is 0 Å². The maximum absolute atomic E-state index is 11.7. The lowest BCUT2D eigenvalue weighted by atomic mass is 10.2. The number of rotatable bonds is 4. The van der Waals surface area contributed by atoms with Crippen molar-refractivity contribution in [3.05, 3.63) is 46.7 Å². The first-order valence-electron chi connectivity index (χ1n) is 6.24. The predicted octanol–water partition coefficient (Wildman–Crippen LogP) is 3.53. The number of ether oxygens (including phenoxy) is 1. The molecule has 3 nitrogen and oxygen atoms in total. The molecule has 1 aromatic heterocycles. The van der Waals surface area contributed by atoms with Gasteiger partial charge in [-0.15, -0.1) is 11.3 Å². The Morgan fingerprint density at radius 2 is 2.10 bits per heavy atom. The van der Waals surface area contributed by atoms with Crippen molar-refractivity contribution in [1.82, 2.24) is 0 Å². The van der Waals surface area contributed by atoms with Crippen LogP contribution in [-0.4, -0.2) is 13.0 Å². The van der Waals surface area contributed by atoms with Gasteiger partial charge >= 0.3 is 0 Å². The van der Waals surface area contributed by atoms with E-state index in [-0.39, 0.29) is 5.91 Å². The van der Waals surface area contributed by atoms with Crippen LogP contribution >= 0.6 is 11.3 Å². The van der Waals surface area contributed by atoms with Crippen molar-refractivity contribution in [3.63, 3.8) is 0 Å². The van der Waals surface area contributed by atoms with Gasteiger partial charge < -0.3 is 10.1 Å². The maximum Gasteiger partial charge on any atom is 0.225 e. The molecule has 0 unspecified atom stereocenters. The average molecular weight is 285 g/mol. The third-order valence-electron chi connectivity index (χ3n) is 2.58. The van der Waals surface area contributed by atoms with Crippen molar-refractivity contribution < 1.29 is 9.53 Å². The fourth-order valence-electron chi connectivity index (χ4n) is 1.57. The van der Waals surface area contributed by atoms with Gasteiger partial charge in [0.2, 0.25) is 5.91 Å². The molecule has 0 aliphatic carbocycles. The van der Waals surface area contributed by atoms with E-state index < -0.39 is 0 Å². The van der Waals surface area contributed by atoms with E-state index in [2.05, 4.69) is 17.2 Å². The number of methoxy groups -OCH3 is 1. The van der Waals surface area contributed by atoms with Gasteiger partial charge in [0.15, 0.2) is 0 Å². The average Bonchev–Trinajstić information content (AvgIpc) is 2.98. The Kier molecular flexibility index (Phi) is 5.22. The van der Waals surface area contributed by atoms with Gasteiger partial charge in [0.25, 0.3) is 0 Å². The first-order chi connectivity index (χ1) is 9.78. The molecule has 0 aliphatic rings. The van der Waals surface area contributed by atoms with Crippen LogP contribution < -0.4 is 10.1 Å². The second kappa shape index (κ2) is 7.37. The fraction of sp³-hybridized carbons (Fsp3) is 0.188. The molecule has 102 valence electrons. The van der Waals surface area contributed by atoms with Gasteiger partial charge in [0, 0.05) is 18.5 Å². The molecule has 0 aliphatic heterocycles. The standard InChI is InChI=1S/C16H15NO2S/c1-19-14-10-8-13(9-11-14)17-16(18)7-3-2-5-15-6-4-12-20-15/h4,6,8-12H,3,7H2,1H3,(H,17,18). The smallest absolute Gasteiger partial charge is 0.225 e. The summed E-state index contributed by atoms with van der Waals surface area (Å²) in [4.78, 5) is 12.7. The molecule has 0 saturated carbocycles. The number of amides is 1. The Morgan fingerprint density at radius 3 is 2.75 bits per heavy atom. The minimum Gasteiger partial charge on any atom is -0.497 e. The number of nitrogens with one attached hydrogen (secondary N) is 1. The summed E-state index contributed by atoms with van der Waals surface area (Å²) >= 11 is 1.60. The quantitative estimate of drug-likeness (QED) is 0.873. The largest absolute Gasteiger partial charge is 0.497 e. The summed E-state index contributed by atoms with van der Waals surface area (Å²) in [5.41, 5.74) is 0.766. The summed E-state index contributed by atoms with van der Waals surface area (Å²) in [7, 11) is 1.61. The first kappa shape index (κ1) is 14.2. The third-order valence-corrected chi connectivity index (χ3v) is 3.37. The van der Waals surface area contributed by atoms with E-state index in [1.54, 1.807) is 18.4 Å². The molecule has 20 heavy (non-hydrogen) atoms. The molecule has 4 heteroatoms. The minimum absolute atomic E-state index is 0.0318. The number of carbonyl (C=O) groups excluding carboxylic acids is 1. The van der Waals surface area contributed by atoms with Crippen LogP contribution in [0.5, 0.6) is 5.75 Å².